The summed E-state index contributed by atoms with van der Waals surface area (Å²) < 4.78 is 29.0. The molecule has 0 saturated carbocycles. The topological polar surface area (TPSA) is 79.3 Å². The van der Waals surface area contributed by atoms with Crippen LogP contribution in [0.1, 0.15) is 27.9 Å². The van der Waals surface area contributed by atoms with Gasteiger partial charge in [0.05, 0.1) is 12.7 Å². The normalized spacial score (nSPS) is 30.3. The van der Waals surface area contributed by atoms with E-state index in [4.69, 9.17) is 23.7 Å². The third kappa shape index (κ3) is 2.98. The minimum Gasteiger partial charge on any atom is -0.481 e. The van der Waals surface area contributed by atoms with Crippen molar-refractivity contribution in [1.29, 1.82) is 0 Å². The van der Waals surface area contributed by atoms with Crippen LogP contribution < -0.4 is 14.2 Å². The zero-order valence-corrected chi connectivity index (χ0v) is 19.5. The van der Waals surface area contributed by atoms with E-state index in [0.29, 0.717) is 29.2 Å². The molecule has 2 aliphatic carbocycles. The number of hydrogen-bond acceptors (Lipinski definition) is 8. The Bertz CT molecular complexity index is 1170. The van der Waals surface area contributed by atoms with Crippen molar-refractivity contribution in [2.45, 2.75) is 36.5 Å². The van der Waals surface area contributed by atoms with Gasteiger partial charge in [0.15, 0.2) is 24.4 Å². The molecule has 8 heteroatoms. The fourth-order valence-corrected chi connectivity index (χ4v) is 6.40. The van der Waals surface area contributed by atoms with E-state index in [1.165, 1.54) is 18.2 Å². The number of likely N-dealkylation sites (N-methyl/N-ethyl adjacent to an activating group) is 1. The molecule has 6 rings (SSSR count). The summed E-state index contributed by atoms with van der Waals surface area (Å²) in [6, 6.07) is 7.79. The molecule has 34 heavy (non-hydrogen) atoms. The summed E-state index contributed by atoms with van der Waals surface area (Å²) in [4.78, 5) is 18.8. The highest BCUT2D eigenvalue weighted by atomic mass is 16.7. The highest BCUT2D eigenvalue weighted by Crippen LogP contribution is 2.62. The molecule has 1 aromatic heterocycles. The maximum absolute atomic E-state index is 12.0. The number of methoxy groups -OCH3 is 2. The summed E-state index contributed by atoms with van der Waals surface area (Å²) in [6.45, 7) is 1.14. The van der Waals surface area contributed by atoms with Crippen LogP contribution in [0.25, 0.3) is 0 Å². The molecule has 0 unspecified atom stereocenters. The van der Waals surface area contributed by atoms with Gasteiger partial charge in [0.2, 0.25) is 5.88 Å². The third-order valence-electron chi connectivity index (χ3n) is 7.86. The summed E-state index contributed by atoms with van der Waals surface area (Å²) in [6.07, 6.45) is 7.29. The lowest BCUT2D eigenvalue weighted by molar-refractivity contribution is -0.0397. The number of carbonyl (C=O) groups is 1. The van der Waals surface area contributed by atoms with Gasteiger partial charge >= 0.3 is 5.97 Å². The minimum absolute atomic E-state index is 0.157. The van der Waals surface area contributed by atoms with Gasteiger partial charge in [-0.05, 0) is 50.2 Å². The number of rotatable bonds is 6. The lowest BCUT2D eigenvalue weighted by Crippen LogP contribution is -2.65. The van der Waals surface area contributed by atoms with Crippen LogP contribution in [0.3, 0.4) is 0 Å². The minimum atomic E-state index is -0.426. The van der Waals surface area contributed by atoms with E-state index in [1.54, 1.807) is 25.4 Å². The van der Waals surface area contributed by atoms with Gasteiger partial charge in [0.25, 0.3) is 0 Å². The van der Waals surface area contributed by atoms with Crippen LogP contribution in [0.2, 0.25) is 0 Å². The van der Waals surface area contributed by atoms with Gasteiger partial charge in [-0.25, -0.2) is 9.78 Å². The lowest BCUT2D eigenvalue weighted by atomic mass is 9.53. The van der Waals surface area contributed by atoms with E-state index < -0.39 is 5.97 Å². The van der Waals surface area contributed by atoms with Crippen molar-refractivity contribution in [1.82, 2.24) is 9.88 Å². The van der Waals surface area contributed by atoms with Crippen molar-refractivity contribution in [2.75, 3.05) is 34.6 Å². The Labute approximate surface area is 198 Å². The number of piperidine rings is 1. The number of likely N-dealkylation sites (tertiary alicyclic amines) is 1. The number of pyridine rings is 1. The van der Waals surface area contributed by atoms with Crippen LogP contribution in [-0.2, 0) is 21.3 Å². The number of carbonyl (C=O) groups excluding carboxylic acids is 1. The number of hydrogen-bond donors (Lipinski definition) is 0. The molecule has 0 N–H and O–H groups in total. The van der Waals surface area contributed by atoms with Crippen molar-refractivity contribution in [3.8, 4) is 17.4 Å². The zero-order chi connectivity index (χ0) is 23.4. The number of aromatic nitrogens is 1. The van der Waals surface area contributed by atoms with Crippen molar-refractivity contribution >= 4 is 5.97 Å². The van der Waals surface area contributed by atoms with E-state index in [-0.39, 0.29) is 24.4 Å². The van der Waals surface area contributed by atoms with Crippen LogP contribution in [-0.4, -0.2) is 68.7 Å². The van der Waals surface area contributed by atoms with Gasteiger partial charge in [0, 0.05) is 42.3 Å². The molecule has 1 saturated heterocycles. The molecule has 2 aliphatic heterocycles. The Hall–Kier alpha value is -3.10. The lowest BCUT2D eigenvalue weighted by Gasteiger charge is -2.56. The maximum atomic E-state index is 12.0. The predicted molar refractivity (Wildman–Crippen MR) is 122 cm³/mol. The van der Waals surface area contributed by atoms with E-state index in [1.807, 2.05) is 6.07 Å². The third-order valence-corrected chi connectivity index (χ3v) is 7.86. The predicted octanol–water partition coefficient (Wildman–Crippen LogP) is 2.74. The highest BCUT2D eigenvalue weighted by Gasteiger charge is 2.65. The summed E-state index contributed by atoms with van der Waals surface area (Å²) >= 11 is 0. The number of ether oxygens (including phenoxy) is 5. The SMILES string of the molecule is COCOc1ccc2c3c1O[C@H]1[C@@H](Oc4cc(C(=O)OC)ccn4)C=C[C@H]4[C@@H](C2)N(C)CC[C@@]341. The first-order valence-corrected chi connectivity index (χ1v) is 11.6. The molecule has 178 valence electrons. The number of benzene rings is 1. The molecule has 1 aromatic carbocycles. The highest BCUT2D eigenvalue weighted by molar-refractivity contribution is 5.89. The van der Waals surface area contributed by atoms with Crippen LogP contribution in [0.15, 0.2) is 42.6 Å². The first-order valence-electron chi connectivity index (χ1n) is 11.6. The van der Waals surface area contributed by atoms with Crippen LogP contribution in [0.4, 0.5) is 0 Å². The molecule has 0 amide bonds. The van der Waals surface area contributed by atoms with E-state index in [9.17, 15) is 4.79 Å². The van der Waals surface area contributed by atoms with E-state index >= 15 is 0 Å². The molecular weight excluding hydrogens is 436 g/mol. The van der Waals surface area contributed by atoms with Gasteiger partial charge in [-0.1, -0.05) is 12.1 Å². The molecule has 1 spiro atoms. The second kappa shape index (κ2) is 7.99. The Balaban J connectivity index is 1.42. The van der Waals surface area contributed by atoms with Crippen LogP contribution >= 0.6 is 0 Å². The number of esters is 1. The van der Waals surface area contributed by atoms with Crippen molar-refractivity contribution in [3.05, 3.63) is 59.3 Å². The van der Waals surface area contributed by atoms with Gasteiger partial charge in [-0.2, -0.15) is 0 Å². The first-order chi connectivity index (χ1) is 16.6. The quantitative estimate of drug-likeness (QED) is 0.367. The fourth-order valence-electron chi connectivity index (χ4n) is 6.40. The molecule has 0 radical (unpaired) electrons. The Kier molecular flexibility index (Phi) is 5.04. The average Bonchev–Trinajstić information content (AvgIpc) is 3.21. The van der Waals surface area contributed by atoms with Crippen molar-refractivity contribution in [3.63, 3.8) is 0 Å². The molecule has 2 bridgehead atoms. The Morgan fingerprint density at radius 3 is 2.97 bits per heavy atom. The smallest absolute Gasteiger partial charge is 0.338 e. The van der Waals surface area contributed by atoms with Crippen molar-refractivity contribution < 1.29 is 28.5 Å². The summed E-state index contributed by atoms with van der Waals surface area (Å²) in [5.41, 5.74) is 2.77. The average molecular weight is 465 g/mol. The number of nitrogens with zero attached hydrogens (tertiary/aromatic N) is 2. The van der Waals surface area contributed by atoms with Gasteiger partial charge in [-0.3, -0.25) is 0 Å². The molecular formula is C26H28N2O6. The largest absolute Gasteiger partial charge is 0.481 e. The molecule has 8 nitrogen and oxygen atoms in total. The van der Waals surface area contributed by atoms with Gasteiger partial charge in [-0.15, -0.1) is 0 Å². The van der Waals surface area contributed by atoms with Gasteiger partial charge in [0.1, 0.15) is 6.10 Å². The second-order valence-corrected chi connectivity index (χ2v) is 9.43. The summed E-state index contributed by atoms with van der Waals surface area (Å²) in [7, 11) is 5.18. The summed E-state index contributed by atoms with van der Waals surface area (Å²) in [5.74, 6) is 1.76. The van der Waals surface area contributed by atoms with E-state index in [2.05, 4.69) is 35.1 Å². The standard InChI is InChI=1S/C26H28N2O6/c1-28-11-9-26-17-5-7-20(33-21-13-16(8-10-27-21)25(29)31-3)24(26)34-23-19(32-14-30-2)6-4-15(22(23)26)12-18(17)28/h4-8,10,13,17-18,20,24H,9,11-12,14H2,1-3H3/t17-,18+,20-,24-,26-/m0/s1. The molecule has 5 atom stereocenters. The Morgan fingerprint density at radius 2 is 2.15 bits per heavy atom. The van der Waals surface area contributed by atoms with E-state index in [0.717, 1.165) is 25.1 Å². The van der Waals surface area contributed by atoms with Crippen LogP contribution in [0.5, 0.6) is 17.4 Å². The van der Waals surface area contributed by atoms with Crippen molar-refractivity contribution in [2.24, 2.45) is 5.92 Å². The maximum Gasteiger partial charge on any atom is 0.338 e. The monoisotopic (exact) mass is 464 g/mol. The molecule has 2 aromatic rings. The van der Waals surface area contributed by atoms with Crippen LogP contribution in [0, 0.1) is 5.92 Å². The first kappa shape index (κ1) is 21.4. The fraction of sp³-hybridized carbons (Fsp3) is 0.462. The summed E-state index contributed by atoms with van der Waals surface area (Å²) in [5, 5.41) is 0. The molecule has 1 fully saturated rings. The second-order valence-electron chi connectivity index (χ2n) is 9.43. The van der Waals surface area contributed by atoms with Gasteiger partial charge < -0.3 is 28.6 Å². The molecule has 3 heterocycles. The Morgan fingerprint density at radius 1 is 1.26 bits per heavy atom. The molecule has 4 aliphatic rings. The zero-order valence-electron chi connectivity index (χ0n) is 19.5.